The average molecular weight is 362 g/mol. The summed E-state index contributed by atoms with van der Waals surface area (Å²) in [5.74, 6) is 0.984. The zero-order chi connectivity index (χ0) is 17.3. The van der Waals surface area contributed by atoms with E-state index >= 15 is 0 Å². The summed E-state index contributed by atoms with van der Waals surface area (Å²) in [7, 11) is 0. The number of allylic oxidation sites excluding steroid dienone is 1. The van der Waals surface area contributed by atoms with Gasteiger partial charge in [-0.3, -0.25) is 4.90 Å². The van der Waals surface area contributed by atoms with Gasteiger partial charge in [0.05, 0.1) is 5.76 Å². The van der Waals surface area contributed by atoms with Crippen molar-refractivity contribution < 1.29 is 4.74 Å². The molecule has 0 fully saturated rings. The van der Waals surface area contributed by atoms with Crippen LogP contribution in [-0.4, -0.2) is 18.2 Å². The van der Waals surface area contributed by atoms with Crippen LogP contribution in [0.15, 0.2) is 54.3 Å². The summed E-state index contributed by atoms with van der Waals surface area (Å²) >= 11 is 12.4. The molecule has 0 saturated carbocycles. The molecule has 3 rings (SSSR count). The molecule has 0 atom stereocenters. The van der Waals surface area contributed by atoms with Gasteiger partial charge in [0.2, 0.25) is 0 Å². The minimum atomic E-state index is -0.255. The third-order valence-electron chi connectivity index (χ3n) is 4.69. The van der Waals surface area contributed by atoms with Crippen molar-refractivity contribution in [3.8, 4) is 0 Å². The molecule has 0 aromatic heterocycles. The van der Waals surface area contributed by atoms with E-state index in [4.69, 9.17) is 27.9 Å². The van der Waals surface area contributed by atoms with Gasteiger partial charge in [0.15, 0.2) is 0 Å². The van der Waals surface area contributed by atoms with E-state index in [0.717, 1.165) is 17.9 Å². The molecule has 0 radical (unpaired) electrons. The Balaban J connectivity index is 1.93. The third-order valence-corrected chi connectivity index (χ3v) is 5.13. The van der Waals surface area contributed by atoms with Gasteiger partial charge in [-0.2, -0.15) is 0 Å². The predicted molar refractivity (Wildman–Crippen MR) is 101 cm³/mol. The maximum Gasteiger partial charge on any atom is 0.142 e. The molecule has 0 aliphatic carbocycles. The molecule has 24 heavy (non-hydrogen) atoms. The monoisotopic (exact) mass is 361 g/mol. The van der Waals surface area contributed by atoms with Gasteiger partial charge in [-0.25, -0.2) is 0 Å². The molecular formula is C20H21Cl2NO. The van der Waals surface area contributed by atoms with Crippen LogP contribution in [0.2, 0.25) is 10.0 Å². The molecular weight excluding hydrogens is 341 g/mol. The Hall–Kier alpha value is -1.48. The van der Waals surface area contributed by atoms with Crippen molar-refractivity contribution >= 4 is 28.8 Å². The normalized spacial score (nSPS) is 16.2. The largest absolute Gasteiger partial charge is 0.482 e. The van der Waals surface area contributed by atoms with Crippen molar-refractivity contribution in [2.75, 3.05) is 13.3 Å². The fraction of sp³-hybridized carbons (Fsp3) is 0.300. The highest BCUT2D eigenvalue weighted by atomic mass is 35.5. The quantitative estimate of drug-likeness (QED) is 0.669. The Morgan fingerprint density at radius 1 is 1.00 bits per heavy atom. The van der Waals surface area contributed by atoms with E-state index in [0.29, 0.717) is 16.8 Å². The molecule has 2 nitrogen and oxygen atoms in total. The summed E-state index contributed by atoms with van der Waals surface area (Å²) in [6.07, 6.45) is 0. The minimum absolute atomic E-state index is 0.255. The highest BCUT2D eigenvalue weighted by Crippen LogP contribution is 2.36. The van der Waals surface area contributed by atoms with Crippen LogP contribution in [0, 0.1) is 0 Å². The number of nitrogens with zero attached hydrogens (tertiary/aromatic N) is 1. The molecule has 1 heterocycles. The molecule has 1 aliphatic heterocycles. The summed E-state index contributed by atoms with van der Waals surface area (Å²) in [6, 6.07) is 16.1. The average Bonchev–Trinajstić information content (AvgIpc) is 2.55. The van der Waals surface area contributed by atoms with Gasteiger partial charge >= 0.3 is 0 Å². The molecule has 0 amide bonds. The van der Waals surface area contributed by atoms with Crippen molar-refractivity contribution in [3.05, 3.63) is 75.5 Å². The highest BCUT2D eigenvalue weighted by molar-refractivity contribution is 6.34. The number of rotatable bonds is 3. The maximum absolute atomic E-state index is 6.20. The fourth-order valence-electron chi connectivity index (χ4n) is 2.99. The molecule has 0 spiro atoms. The van der Waals surface area contributed by atoms with Crippen LogP contribution in [0.4, 0.5) is 0 Å². The summed E-state index contributed by atoms with van der Waals surface area (Å²) in [4.78, 5) is 2.30. The first kappa shape index (κ1) is 17.3. The van der Waals surface area contributed by atoms with Crippen LogP contribution >= 0.6 is 23.2 Å². The summed E-state index contributed by atoms with van der Waals surface area (Å²) in [5, 5.41) is 1.30. The molecule has 4 heteroatoms. The second-order valence-electron chi connectivity index (χ2n) is 6.59. The second-order valence-corrected chi connectivity index (χ2v) is 7.46. The van der Waals surface area contributed by atoms with E-state index in [1.54, 1.807) is 6.07 Å². The SMILES string of the molecule is CC1=C(c2ccccc2)CN(C(C)(C)c2cc(Cl)cc(Cl)c2)CO1. The van der Waals surface area contributed by atoms with Crippen molar-refractivity contribution in [1.82, 2.24) is 4.90 Å². The van der Waals surface area contributed by atoms with Crippen LogP contribution in [0.1, 0.15) is 31.9 Å². The lowest BCUT2D eigenvalue weighted by atomic mass is 9.91. The Labute approximate surface area is 153 Å². The molecule has 0 unspecified atom stereocenters. The first-order valence-electron chi connectivity index (χ1n) is 7.97. The molecule has 2 aromatic carbocycles. The lowest BCUT2D eigenvalue weighted by Crippen LogP contribution is -2.45. The molecule has 1 aliphatic rings. The van der Waals surface area contributed by atoms with Crippen LogP contribution < -0.4 is 0 Å². The van der Waals surface area contributed by atoms with Crippen LogP contribution in [-0.2, 0) is 10.3 Å². The van der Waals surface area contributed by atoms with Crippen LogP contribution in [0.5, 0.6) is 0 Å². The zero-order valence-corrected chi connectivity index (χ0v) is 15.7. The number of benzene rings is 2. The molecule has 2 aromatic rings. The van der Waals surface area contributed by atoms with Gasteiger partial charge in [-0.1, -0.05) is 53.5 Å². The van der Waals surface area contributed by atoms with Gasteiger partial charge in [0.1, 0.15) is 6.73 Å². The zero-order valence-electron chi connectivity index (χ0n) is 14.1. The van der Waals surface area contributed by atoms with Gasteiger partial charge in [-0.15, -0.1) is 0 Å². The van der Waals surface area contributed by atoms with Gasteiger partial charge in [0, 0.05) is 27.7 Å². The standard InChI is InChI=1S/C20H21Cl2NO/c1-14-19(15-7-5-4-6-8-15)12-23(13-24-14)20(2,3)16-9-17(21)11-18(22)10-16/h4-11H,12-13H2,1-3H3. The van der Waals surface area contributed by atoms with Gasteiger partial charge < -0.3 is 4.74 Å². The third kappa shape index (κ3) is 3.46. The van der Waals surface area contributed by atoms with E-state index in [1.165, 1.54) is 11.1 Å². The highest BCUT2D eigenvalue weighted by Gasteiger charge is 2.33. The first-order valence-corrected chi connectivity index (χ1v) is 8.73. The smallest absolute Gasteiger partial charge is 0.142 e. The molecule has 0 N–H and O–H groups in total. The van der Waals surface area contributed by atoms with Crippen LogP contribution in [0.25, 0.3) is 5.57 Å². The van der Waals surface area contributed by atoms with E-state index in [1.807, 2.05) is 25.1 Å². The van der Waals surface area contributed by atoms with E-state index < -0.39 is 0 Å². The number of hydrogen-bond donors (Lipinski definition) is 0. The van der Waals surface area contributed by atoms with Crippen molar-refractivity contribution in [1.29, 1.82) is 0 Å². The Bertz CT molecular complexity index is 748. The number of ether oxygens (including phenoxy) is 1. The van der Waals surface area contributed by atoms with Crippen molar-refractivity contribution in [2.45, 2.75) is 26.3 Å². The summed E-state index contributed by atoms with van der Waals surface area (Å²) in [6.45, 7) is 7.72. The second kappa shape index (κ2) is 6.79. The van der Waals surface area contributed by atoms with Gasteiger partial charge in [0.25, 0.3) is 0 Å². The summed E-state index contributed by atoms with van der Waals surface area (Å²) in [5.41, 5.74) is 3.23. The van der Waals surface area contributed by atoms with Crippen molar-refractivity contribution in [2.24, 2.45) is 0 Å². The predicted octanol–water partition coefficient (Wildman–Crippen LogP) is 5.95. The fourth-order valence-corrected chi connectivity index (χ4v) is 3.52. The maximum atomic E-state index is 6.20. The van der Waals surface area contributed by atoms with E-state index in [2.05, 4.69) is 43.0 Å². The molecule has 126 valence electrons. The number of hydrogen-bond acceptors (Lipinski definition) is 2. The lowest BCUT2D eigenvalue weighted by molar-refractivity contribution is 0.000481. The Kier molecular flexibility index (Phi) is 4.91. The minimum Gasteiger partial charge on any atom is -0.482 e. The van der Waals surface area contributed by atoms with Crippen LogP contribution in [0.3, 0.4) is 0 Å². The van der Waals surface area contributed by atoms with E-state index in [9.17, 15) is 0 Å². The van der Waals surface area contributed by atoms with Gasteiger partial charge in [-0.05, 0) is 50.1 Å². The first-order chi connectivity index (χ1) is 11.4. The number of halogens is 2. The summed E-state index contributed by atoms with van der Waals surface area (Å²) < 4.78 is 5.97. The Morgan fingerprint density at radius 2 is 1.62 bits per heavy atom. The molecule has 0 bridgehead atoms. The van der Waals surface area contributed by atoms with E-state index in [-0.39, 0.29) is 5.54 Å². The lowest BCUT2D eigenvalue weighted by Gasteiger charge is -2.42. The topological polar surface area (TPSA) is 12.5 Å². The van der Waals surface area contributed by atoms with Crippen molar-refractivity contribution in [3.63, 3.8) is 0 Å². The molecule has 0 saturated heterocycles. The Morgan fingerprint density at radius 3 is 2.25 bits per heavy atom.